The summed E-state index contributed by atoms with van der Waals surface area (Å²) in [4.78, 5) is 19.0. The summed E-state index contributed by atoms with van der Waals surface area (Å²) in [6.45, 7) is 7.75. The van der Waals surface area contributed by atoms with Gasteiger partial charge in [-0.1, -0.05) is 13.0 Å². The molecule has 0 aromatic heterocycles. The molecule has 1 aromatic rings. The number of hydrogen-bond donors (Lipinski definition) is 1. The molecule has 1 saturated heterocycles. The van der Waals surface area contributed by atoms with Crippen LogP contribution in [0.2, 0.25) is 0 Å². The molecule has 1 unspecified atom stereocenters. The highest BCUT2D eigenvalue weighted by Crippen LogP contribution is 2.21. The molecular formula is C19H30IN3O3. The summed E-state index contributed by atoms with van der Waals surface area (Å²) >= 11 is 0. The second-order valence-electron chi connectivity index (χ2n) is 6.39. The van der Waals surface area contributed by atoms with E-state index in [0.29, 0.717) is 23.8 Å². The van der Waals surface area contributed by atoms with Gasteiger partial charge in [0.25, 0.3) is 0 Å². The van der Waals surface area contributed by atoms with Crippen LogP contribution in [0.4, 0.5) is 0 Å². The Morgan fingerprint density at radius 2 is 2.15 bits per heavy atom. The molecule has 0 spiro atoms. The van der Waals surface area contributed by atoms with Gasteiger partial charge < -0.3 is 19.7 Å². The summed E-state index contributed by atoms with van der Waals surface area (Å²) in [7, 11) is 2.91. The first-order valence-electron chi connectivity index (χ1n) is 8.87. The number of likely N-dealkylation sites (tertiary alicyclic amines) is 1. The summed E-state index contributed by atoms with van der Waals surface area (Å²) < 4.78 is 10.1. The Balaban J connectivity index is 0.00000338. The molecule has 2 rings (SSSR count). The molecule has 0 aliphatic carbocycles. The van der Waals surface area contributed by atoms with Crippen LogP contribution in [-0.4, -0.2) is 50.7 Å². The van der Waals surface area contributed by atoms with Gasteiger partial charge in [-0.25, -0.2) is 9.79 Å². The highest BCUT2D eigenvalue weighted by Gasteiger charge is 2.19. The molecule has 1 heterocycles. The maximum atomic E-state index is 11.9. The molecule has 146 valence electrons. The van der Waals surface area contributed by atoms with E-state index >= 15 is 0 Å². The van der Waals surface area contributed by atoms with E-state index in [1.165, 1.54) is 20.0 Å². The van der Waals surface area contributed by atoms with E-state index in [-0.39, 0.29) is 24.0 Å². The zero-order valence-electron chi connectivity index (χ0n) is 16.1. The number of ether oxygens (including phenoxy) is 2. The average Bonchev–Trinajstić information content (AvgIpc) is 2.64. The normalized spacial score (nSPS) is 17.3. The predicted molar refractivity (Wildman–Crippen MR) is 115 cm³/mol. The van der Waals surface area contributed by atoms with Crippen molar-refractivity contribution in [2.45, 2.75) is 33.2 Å². The Kier molecular flexibility index (Phi) is 9.75. The molecule has 0 saturated carbocycles. The first kappa shape index (κ1) is 22.5. The van der Waals surface area contributed by atoms with E-state index < -0.39 is 5.97 Å². The van der Waals surface area contributed by atoms with Crippen LogP contribution in [-0.2, 0) is 11.3 Å². The number of carbonyl (C=O) groups is 1. The van der Waals surface area contributed by atoms with Crippen molar-refractivity contribution in [2.75, 3.05) is 33.9 Å². The lowest BCUT2D eigenvalue weighted by Gasteiger charge is -2.33. The van der Waals surface area contributed by atoms with Crippen molar-refractivity contribution in [1.82, 2.24) is 10.2 Å². The van der Waals surface area contributed by atoms with Crippen molar-refractivity contribution in [3.8, 4) is 5.75 Å². The maximum absolute atomic E-state index is 11.9. The first-order valence-corrected chi connectivity index (χ1v) is 8.87. The third-order valence-corrected chi connectivity index (χ3v) is 4.37. The summed E-state index contributed by atoms with van der Waals surface area (Å²) in [5.41, 5.74) is 1.37. The molecule has 7 heteroatoms. The van der Waals surface area contributed by atoms with Gasteiger partial charge >= 0.3 is 5.97 Å². The van der Waals surface area contributed by atoms with Crippen molar-refractivity contribution >= 4 is 35.9 Å². The zero-order valence-corrected chi connectivity index (χ0v) is 18.4. The minimum atomic E-state index is -0.403. The number of rotatable bonds is 5. The minimum absolute atomic E-state index is 0. The van der Waals surface area contributed by atoms with Gasteiger partial charge in [-0.15, -0.1) is 24.0 Å². The van der Waals surface area contributed by atoms with Gasteiger partial charge in [-0.3, -0.25) is 0 Å². The number of carbonyl (C=O) groups excluding carboxylic acids is 1. The maximum Gasteiger partial charge on any atom is 0.341 e. The topological polar surface area (TPSA) is 63.2 Å². The second kappa shape index (κ2) is 11.3. The van der Waals surface area contributed by atoms with Crippen LogP contribution in [0.1, 0.15) is 42.6 Å². The Hall–Kier alpha value is -1.51. The fourth-order valence-corrected chi connectivity index (χ4v) is 3.10. The molecule has 0 amide bonds. The Morgan fingerprint density at radius 3 is 2.77 bits per heavy atom. The van der Waals surface area contributed by atoms with Crippen molar-refractivity contribution in [3.05, 3.63) is 29.3 Å². The van der Waals surface area contributed by atoms with Crippen LogP contribution in [0.5, 0.6) is 5.75 Å². The number of hydrogen-bond acceptors (Lipinski definition) is 4. The fraction of sp³-hybridized carbons (Fsp3) is 0.579. The standard InChI is InChI=1S/C19H29N3O3.HI/c1-5-20-19(22-10-6-7-14(2)13-22)21-12-15-8-9-17(24-3)16(11-15)18(23)25-4;/h8-9,11,14H,5-7,10,12-13H2,1-4H3,(H,20,21);1H. The van der Waals surface area contributed by atoms with Crippen molar-refractivity contribution in [3.63, 3.8) is 0 Å². The summed E-state index contributed by atoms with van der Waals surface area (Å²) in [5.74, 6) is 1.73. The minimum Gasteiger partial charge on any atom is -0.496 e. The second-order valence-corrected chi connectivity index (χ2v) is 6.39. The van der Waals surface area contributed by atoms with Gasteiger partial charge in [0, 0.05) is 19.6 Å². The van der Waals surface area contributed by atoms with Gasteiger partial charge in [0.15, 0.2) is 5.96 Å². The van der Waals surface area contributed by atoms with Gasteiger partial charge in [0.05, 0.1) is 20.8 Å². The molecule has 1 fully saturated rings. The van der Waals surface area contributed by atoms with Crippen molar-refractivity contribution in [1.29, 1.82) is 0 Å². The molecule has 26 heavy (non-hydrogen) atoms. The molecular weight excluding hydrogens is 445 g/mol. The van der Waals surface area contributed by atoms with Gasteiger partial charge in [0.1, 0.15) is 11.3 Å². The summed E-state index contributed by atoms with van der Waals surface area (Å²) in [5, 5.41) is 3.37. The van der Waals surface area contributed by atoms with Crippen LogP contribution in [0.25, 0.3) is 0 Å². The molecule has 1 aliphatic rings. The molecule has 1 atom stereocenters. The van der Waals surface area contributed by atoms with Crippen LogP contribution >= 0.6 is 24.0 Å². The number of esters is 1. The zero-order chi connectivity index (χ0) is 18.2. The lowest BCUT2D eigenvalue weighted by atomic mass is 10.0. The molecule has 0 radical (unpaired) electrons. The molecule has 1 N–H and O–H groups in total. The largest absolute Gasteiger partial charge is 0.496 e. The van der Waals surface area contributed by atoms with Crippen LogP contribution in [0.3, 0.4) is 0 Å². The average molecular weight is 475 g/mol. The Morgan fingerprint density at radius 1 is 1.38 bits per heavy atom. The number of nitrogens with one attached hydrogen (secondary N) is 1. The first-order chi connectivity index (χ1) is 12.1. The monoisotopic (exact) mass is 475 g/mol. The number of nitrogens with zero attached hydrogens (tertiary/aromatic N) is 2. The molecule has 6 nitrogen and oxygen atoms in total. The van der Waals surface area contributed by atoms with Crippen molar-refractivity contribution < 1.29 is 14.3 Å². The molecule has 1 aromatic carbocycles. The van der Waals surface area contributed by atoms with Crippen LogP contribution in [0, 0.1) is 5.92 Å². The quantitative estimate of drug-likeness (QED) is 0.307. The van der Waals surface area contributed by atoms with Crippen LogP contribution in [0.15, 0.2) is 23.2 Å². The van der Waals surface area contributed by atoms with E-state index in [1.807, 2.05) is 6.07 Å². The van der Waals surface area contributed by atoms with Gasteiger partial charge in [-0.2, -0.15) is 0 Å². The lowest BCUT2D eigenvalue weighted by Crippen LogP contribution is -2.46. The summed E-state index contributed by atoms with van der Waals surface area (Å²) in [6, 6.07) is 5.50. The summed E-state index contributed by atoms with van der Waals surface area (Å²) in [6.07, 6.45) is 2.47. The SMILES string of the molecule is CCNC(=NCc1ccc(OC)c(C(=O)OC)c1)N1CCCC(C)C1.I. The number of benzene rings is 1. The van der Waals surface area contributed by atoms with E-state index in [2.05, 4.69) is 24.1 Å². The number of piperidine rings is 1. The molecule has 1 aliphatic heterocycles. The third kappa shape index (κ3) is 6.03. The highest BCUT2D eigenvalue weighted by molar-refractivity contribution is 14.0. The van der Waals surface area contributed by atoms with E-state index in [1.54, 1.807) is 19.2 Å². The van der Waals surface area contributed by atoms with Crippen LogP contribution < -0.4 is 10.1 Å². The number of halogens is 1. The number of guanidine groups is 1. The Labute approximate surface area is 173 Å². The van der Waals surface area contributed by atoms with Gasteiger partial charge in [-0.05, 0) is 43.4 Å². The number of aliphatic imine (C=N–C) groups is 1. The number of methoxy groups -OCH3 is 2. The Bertz CT molecular complexity index is 622. The van der Waals surface area contributed by atoms with E-state index in [0.717, 1.165) is 31.2 Å². The third-order valence-electron chi connectivity index (χ3n) is 4.37. The molecule has 0 bridgehead atoms. The smallest absolute Gasteiger partial charge is 0.341 e. The van der Waals surface area contributed by atoms with E-state index in [4.69, 9.17) is 14.5 Å². The van der Waals surface area contributed by atoms with Crippen molar-refractivity contribution in [2.24, 2.45) is 10.9 Å². The van der Waals surface area contributed by atoms with E-state index in [9.17, 15) is 4.79 Å². The fourth-order valence-electron chi connectivity index (χ4n) is 3.10. The lowest BCUT2D eigenvalue weighted by molar-refractivity contribution is 0.0597. The highest BCUT2D eigenvalue weighted by atomic mass is 127. The van der Waals surface area contributed by atoms with Gasteiger partial charge in [0.2, 0.25) is 0 Å². The predicted octanol–water partition coefficient (Wildman–Crippen LogP) is 3.30.